The van der Waals surface area contributed by atoms with Crippen LogP contribution in [0, 0.1) is 41.5 Å². The number of fused-ring (bicyclic) bond motifs is 5. The van der Waals surface area contributed by atoms with E-state index in [4.69, 9.17) is 0 Å². The second-order valence-electron chi connectivity index (χ2n) is 9.25. The van der Waals surface area contributed by atoms with Crippen molar-refractivity contribution in [1.29, 1.82) is 0 Å². The third-order valence-electron chi connectivity index (χ3n) is 6.78. The average Bonchev–Trinajstić information content (AvgIpc) is 2.99. The third-order valence-corrected chi connectivity index (χ3v) is 6.78. The first kappa shape index (κ1) is 18.1. The monoisotopic (exact) mass is 357 g/mol. The number of hydrogen-bond acceptors (Lipinski definition) is 0. The molecule has 1 heterocycles. The van der Waals surface area contributed by atoms with Gasteiger partial charge in [0.15, 0.2) is 0 Å². The van der Waals surface area contributed by atoms with E-state index < -0.39 is 0 Å². The summed E-state index contributed by atoms with van der Waals surface area (Å²) in [4.78, 5) is 0. The van der Waals surface area contributed by atoms with Gasteiger partial charge in [0.25, 0.3) is 0 Å². The minimum absolute atomic E-state index is 0.00334. The highest BCUT2D eigenvalue weighted by molar-refractivity contribution is 6.22. The van der Waals surface area contributed by atoms with Crippen molar-refractivity contribution in [2.45, 2.75) is 67.9 Å². The summed E-state index contributed by atoms with van der Waals surface area (Å²) in [6, 6.07) is 8.92. The maximum absolute atomic E-state index is 2.61. The molecular formula is C26H31N. The van der Waals surface area contributed by atoms with E-state index >= 15 is 0 Å². The fourth-order valence-electron chi connectivity index (χ4n) is 4.92. The molecule has 0 aliphatic rings. The van der Waals surface area contributed by atoms with Gasteiger partial charge in [0.1, 0.15) is 0 Å². The summed E-state index contributed by atoms with van der Waals surface area (Å²) in [5.74, 6) is 0. The molecule has 0 saturated heterocycles. The molecule has 0 aliphatic carbocycles. The lowest BCUT2D eigenvalue weighted by atomic mass is 9.91. The normalized spacial score (nSPS) is 12.6. The smallest absolute Gasteiger partial charge is 0.0579 e. The lowest BCUT2D eigenvalue weighted by Gasteiger charge is -2.26. The number of nitrogens with zero attached hydrogens (tertiary/aromatic N) is 1. The highest BCUT2D eigenvalue weighted by atomic mass is 15.1. The van der Waals surface area contributed by atoms with Crippen LogP contribution in [-0.2, 0) is 5.54 Å². The second kappa shape index (κ2) is 5.61. The molecular weight excluding hydrogens is 326 g/mol. The fourth-order valence-corrected chi connectivity index (χ4v) is 4.92. The van der Waals surface area contributed by atoms with E-state index in [0.29, 0.717) is 0 Å². The average molecular weight is 358 g/mol. The van der Waals surface area contributed by atoms with Gasteiger partial charge in [-0.15, -0.1) is 0 Å². The predicted molar refractivity (Wildman–Crippen MR) is 120 cm³/mol. The van der Waals surface area contributed by atoms with E-state index in [0.717, 1.165) is 0 Å². The Morgan fingerprint density at radius 3 is 1.63 bits per heavy atom. The summed E-state index contributed by atoms with van der Waals surface area (Å²) in [6.07, 6.45) is 0. The van der Waals surface area contributed by atoms with E-state index in [2.05, 4.69) is 91.1 Å². The van der Waals surface area contributed by atoms with Gasteiger partial charge >= 0.3 is 0 Å². The Morgan fingerprint density at radius 1 is 0.556 bits per heavy atom. The number of aromatic nitrogens is 1. The van der Waals surface area contributed by atoms with Crippen LogP contribution in [0.3, 0.4) is 0 Å². The van der Waals surface area contributed by atoms with Crippen LogP contribution in [0.1, 0.15) is 54.2 Å². The largest absolute Gasteiger partial charge is 0.334 e. The Bertz CT molecular complexity index is 1240. The van der Waals surface area contributed by atoms with Crippen molar-refractivity contribution in [2.75, 3.05) is 0 Å². The molecule has 4 aromatic rings. The molecule has 1 nitrogen and oxygen atoms in total. The topological polar surface area (TPSA) is 4.93 Å². The van der Waals surface area contributed by atoms with Crippen LogP contribution in [-0.4, -0.2) is 4.57 Å². The summed E-state index contributed by atoms with van der Waals surface area (Å²) < 4.78 is 2.61. The van der Waals surface area contributed by atoms with Crippen molar-refractivity contribution in [3.8, 4) is 0 Å². The Kier molecular flexibility index (Phi) is 3.76. The van der Waals surface area contributed by atoms with E-state index in [1.54, 1.807) is 0 Å². The summed E-state index contributed by atoms with van der Waals surface area (Å²) in [5, 5.41) is 5.64. The molecule has 0 saturated carbocycles. The zero-order valence-electron chi connectivity index (χ0n) is 18.3. The zero-order chi connectivity index (χ0) is 19.8. The molecule has 140 valence electrons. The molecule has 0 amide bonds. The van der Waals surface area contributed by atoms with E-state index in [-0.39, 0.29) is 5.54 Å². The van der Waals surface area contributed by atoms with Crippen molar-refractivity contribution in [2.24, 2.45) is 0 Å². The van der Waals surface area contributed by atoms with Gasteiger partial charge in [-0.2, -0.15) is 0 Å². The summed E-state index contributed by atoms with van der Waals surface area (Å²) in [7, 11) is 0. The molecule has 0 N–H and O–H groups in total. The highest BCUT2D eigenvalue weighted by Gasteiger charge is 2.27. The molecule has 1 aromatic heterocycles. The summed E-state index contributed by atoms with van der Waals surface area (Å²) in [5.41, 5.74) is 11.3. The second-order valence-corrected chi connectivity index (χ2v) is 9.25. The maximum Gasteiger partial charge on any atom is 0.0579 e. The Morgan fingerprint density at radius 2 is 1.04 bits per heavy atom. The van der Waals surface area contributed by atoms with Crippen molar-refractivity contribution in [1.82, 2.24) is 4.57 Å². The molecule has 0 radical (unpaired) electrons. The number of aryl methyl sites for hydroxylation is 4. The van der Waals surface area contributed by atoms with Gasteiger partial charge in [-0.3, -0.25) is 0 Å². The Hall–Kier alpha value is -2.28. The number of rotatable bonds is 0. The minimum Gasteiger partial charge on any atom is -0.334 e. The molecule has 0 fully saturated rings. The van der Waals surface area contributed by atoms with Gasteiger partial charge in [-0.05, 0) is 101 Å². The van der Waals surface area contributed by atoms with Crippen LogP contribution in [0.5, 0.6) is 0 Å². The predicted octanol–water partition coefficient (Wildman–Crippen LogP) is 7.55. The first-order valence-corrected chi connectivity index (χ1v) is 10.00. The highest BCUT2D eigenvalue weighted by Crippen LogP contribution is 2.45. The van der Waals surface area contributed by atoms with Crippen LogP contribution in [0.2, 0.25) is 0 Å². The molecule has 1 heteroatoms. The minimum atomic E-state index is 0.00334. The fraction of sp³-hybridized carbons (Fsp3) is 0.385. The van der Waals surface area contributed by atoms with Crippen molar-refractivity contribution < 1.29 is 0 Å². The maximum atomic E-state index is 2.61. The summed E-state index contributed by atoms with van der Waals surface area (Å²) >= 11 is 0. The summed E-state index contributed by atoms with van der Waals surface area (Å²) in [6.45, 7) is 20.7. The quantitative estimate of drug-likeness (QED) is 0.306. The molecule has 0 aliphatic heterocycles. The van der Waals surface area contributed by atoms with Crippen LogP contribution in [0.4, 0.5) is 0 Å². The Labute approximate surface area is 163 Å². The molecule has 0 unspecified atom stereocenters. The number of hydrogen-bond donors (Lipinski definition) is 0. The van der Waals surface area contributed by atoms with Crippen molar-refractivity contribution in [3.63, 3.8) is 0 Å². The molecule has 0 spiro atoms. The van der Waals surface area contributed by atoms with Gasteiger partial charge in [-0.25, -0.2) is 0 Å². The van der Waals surface area contributed by atoms with Crippen LogP contribution in [0.25, 0.3) is 32.6 Å². The zero-order valence-corrected chi connectivity index (χ0v) is 18.3. The third kappa shape index (κ3) is 2.24. The van der Waals surface area contributed by atoms with Gasteiger partial charge < -0.3 is 4.57 Å². The van der Waals surface area contributed by atoms with Gasteiger partial charge in [0.2, 0.25) is 0 Å². The van der Waals surface area contributed by atoms with Crippen LogP contribution >= 0.6 is 0 Å². The van der Waals surface area contributed by atoms with Crippen molar-refractivity contribution in [3.05, 3.63) is 57.6 Å². The molecule has 3 aromatic carbocycles. The van der Waals surface area contributed by atoms with Gasteiger partial charge in [0.05, 0.1) is 11.0 Å². The Balaban J connectivity index is 2.53. The van der Waals surface area contributed by atoms with Crippen LogP contribution in [0.15, 0.2) is 24.3 Å². The number of benzene rings is 3. The van der Waals surface area contributed by atoms with E-state index in [1.165, 1.54) is 66.0 Å². The lowest BCUT2D eigenvalue weighted by molar-refractivity contribution is 0.423. The first-order chi connectivity index (χ1) is 12.6. The van der Waals surface area contributed by atoms with Gasteiger partial charge in [-0.1, -0.05) is 24.3 Å². The van der Waals surface area contributed by atoms with E-state index in [9.17, 15) is 0 Å². The standard InChI is InChI=1S/C26H31N/c1-14-15(2)19(6)24-22(17(14)4)23-18(5)16(3)20-12-10-11-13-21(20)25(23)27(24)26(7,8)9/h10-13H,1-9H3. The van der Waals surface area contributed by atoms with E-state index in [1.807, 2.05) is 0 Å². The molecule has 27 heavy (non-hydrogen) atoms. The SMILES string of the molecule is Cc1c(C)c(C)c2c(c1C)c1c(C)c(C)c3ccccc3c1n2C(C)(C)C. The van der Waals surface area contributed by atoms with Gasteiger partial charge in [0, 0.05) is 21.7 Å². The first-order valence-electron chi connectivity index (χ1n) is 10.00. The van der Waals surface area contributed by atoms with Crippen molar-refractivity contribution >= 4 is 32.6 Å². The molecule has 4 rings (SSSR count). The molecule has 0 atom stereocenters. The molecule has 0 bridgehead atoms. The lowest BCUT2D eigenvalue weighted by Crippen LogP contribution is -2.22. The van der Waals surface area contributed by atoms with Crippen LogP contribution < -0.4 is 0 Å².